The summed E-state index contributed by atoms with van der Waals surface area (Å²) < 4.78 is 13.7. The van der Waals surface area contributed by atoms with E-state index in [9.17, 15) is 9.18 Å². The molecule has 0 spiro atoms. The Hall–Kier alpha value is -2.30. The van der Waals surface area contributed by atoms with Gasteiger partial charge in [0.15, 0.2) is 0 Å². The van der Waals surface area contributed by atoms with Gasteiger partial charge in [0.2, 0.25) is 0 Å². The van der Waals surface area contributed by atoms with Crippen molar-refractivity contribution in [3.8, 4) is 0 Å². The SMILES string of the molecule is Cc1ncc(N(C)C(C)[C@@]2(c3cccc(F)c3)C[C@H]2C=O)c(C)n1. The minimum absolute atomic E-state index is 0.0134. The van der Waals surface area contributed by atoms with E-state index >= 15 is 0 Å². The number of aldehydes is 1. The number of aromatic nitrogens is 2. The number of rotatable bonds is 5. The number of aryl methyl sites for hydroxylation is 2. The van der Waals surface area contributed by atoms with Gasteiger partial charge in [-0.15, -0.1) is 0 Å². The summed E-state index contributed by atoms with van der Waals surface area (Å²) in [4.78, 5) is 22.3. The predicted molar refractivity (Wildman–Crippen MR) is 91.6 cm³/mol. The highest BCUT2D eigenvalue weighted by molar-refractivity contribution is 5.67. The summed E-state index contributed by atoms with van der Waals surface area (Å²) >= 11 is 0. The normalized spacial score (nSPS) is 23.6. The monoisotopic (exact) mass is 327 g/mol. The van der Waals surface area contributed by atoms with Gasteiger partial charge in [0.05, 0.1) is 17.6 Å². The molecule has 126 valence electrons. The van der Waals surface area contributed by atoms with Crippen molar-refractivity contribution >= 4 is 12.0 Å². The van der Waals surface area contributed by atoms with E-state index in [1.807, 2.05) is 33.2 Å². The van der Waals surface area contributed by atoms with E-state index in [-0.39, 0.29) is 23.2 Å². The number of hydrogen-bond donors (Lipinski definition) is 0. The number of anilines is 1. The molecule has 0 saturated heterocycles. The van der Waals surface area contributed by atoms with Crippen LogP contribution in [0.1, 0.15) is 30.4 Å². The number of carbonyl (C=O) groups excluding carboxylic acids is 1. The second-order valence-electron chi connectivity index (χ2n) is 6.67. The lowest BCUT2D eigenvalue weighted by Gasteiger charge is -2.35. The first-order chi connectivity index (χ1) is 11.4. The Bertz CT molecular complexity index is 779. The Kier molecular flexibility index (Phi) is 4.11. The van der Waals surface area contributed by atoms with Crippen LogP contribution in [0.25, 0.3) is 0 Å². The molecule has 0 N–H and O–H groups in total. The predicted octanol–water partition coefficient (Wildman–Crippen LogP) is 3.21. The molecule has 1 saturated carbocycles. The first-order valence-corrected chi connectivity index (χ1v) is 8.14. The zero-order chi connectivity index (χ0) is 17.5. The molecule has 0 radical (unpaired) electrons. The van der Waals surface area contributed by atoms with Crippen LogP contribution in [0.4, 0.5) is 10.1 Å². The van der Waals surface area contributed by atoms with Gasteiger partial charge in [-0.1, -0.05) is 12.1 Å². The zero-order valence-electron chi connectivity index (χ0n) is 14.5. The van der Waals surface area contributed by atoms with Crippen LogP contribution >= 0.6 is 0 Å². The first kappa shape index (κ1) is 16.6. The fraction of sp³-hybridized carbons (Fsp3) is 0.421. The molecule has 24 heavy (non-hydrogen) atoms. The standard InChI is InChI=1S/C19H22FN3O/c1-12-18(10-21-14(3)22-12)23(4)13(2)19(9-16(19)11-24)15-6-5-7-17(20)8-15/h5-8,10-11,13,16H,9H2,1-4H3/t13?,16-,19+/m0/s1. The Morgan fingerprint density at radius 3 is 2.75 bits per heavy atom. The second-order valence-corrected chi connectivity index (χ2v) is 6.67. The summed E-state index contributed by atoms with van der Waals surface area (Å²) in [5, 5.41) is 0. The van der Waals surface area contributed by atoms with Gasteiger partial charge in [-0.3, -0.25) is 0 Å². The van der Waals surface area contributed by atoms with Crippen LogP contribution < -0.4 is 4.90 Å². The van der Waals surface area contributed by atoms with E-state index in [2.05, 4.69) is 21.8 Å². The zero-order valence-corrected chi connectivity index (χ0v) is 14.5. The van der Waals surface area contributed by atoms with E-state index in [1.165, 1.54) is 6.07 Å². The Balaban J connectivity index is 1.99. The van der Waals surface area contributed by atoms with Crippen LogP contribution in [0, 0.1) is 25.6 Å². The van der Waals surface area contributed by atoms with Gasteiger partial charge in [-0.2, -0.15) is 0 Å². The lowest BCUT2D eigenvalue weighted by atomic mass is 9.85. The van der Waals surface area contributed by atoms with Crippen LogP contribution in [0.5, 0.6) is 0 Å². The van der Waals surface area contributed by atoms with Crippen LogP contribution in [0.15, 0.2) is 30.5 Å². The van der Waals surface area contributed by atoms with Crippen molar-refractivity contribution in [3.63, 3.8) is 0 Å². The summed E-state index contributed by atoms with van der Waals surface area (Å²) in [5.41, 5.74) is 2.34. The Labute approximate surface area is 141 Å². The molecule has 1 aliphatic rings. The van der Waals surface area contributed by atoms with Gasteiger partial charge in [0, 0.05) is 24.4 Å². The van der Waals surface area contributed by atoms with Crippen LogP contribution in [0.3, 0.4) is 0 Å². The molecule has 3 atom stereocenters. The van der Waals surface area contributed by atoms with Crippen LogP contribution in [0.2, 0.25) is 0 Å². The van der Waals surface area contributed by atoms with E-state index in [0.717, 1.165) is 35.5 Å². The van der Waals surface area contributed by atoms with Crippen molar-refractivity contribution in [1.82, 2.24) is 9.97 Å². The maximum Gasteiger partial charge on any atom is 0.125 e. The lowest BCUT2D eigenvalue weighted by Crippen LogP contribution is -2.41. The largest absolute Gasteiger partial charge is 0.368 e. The van der Waals surface area contributed by atoms with E-state index in [1.54, 1.807) is 12.1 Å². The first-order valence-electron chi connectivity index (χ1n) is 8.14. The molecule has 3 rings (SSSR count). The summed E-state index contributed by atoms with van der Waals surface area (Å²) in [7, 11) is 1.98. The fourth-order valence-corrected chi connectivity index (χ4v) is 3.78. The third-order valence-electron chi connectivity index (χ3n) is 5.37. The maximum atomic E-state index is 13.7. The van der Waals surface area contributed by atoms with Crippen molar-refractivity contribution in [1.29, 1.82) is 0 Å². The van der Waals surface area contributed by atoms with Gasteiger partial charge in [0.25, 0.3) is 0 Å². The number of hydrogen-bond acceptors (Lipinski definition) is 4. The fourth-order valence-electron chi connectivity index (χ4n) is 3.78. The molecule has 5 heteroatoms. The molecule has 2 aromatic rings. The topological polar surface area (TPSA) is 46.1 Å². The number of nitrogens with zero attached hydrogens (tertiary/aromatic N) is 3. The highest BCUT2D eigenvalue weighted by Gasteiger charge is 2.60. The molecule has 4 nitrogen and oxygen atoms in total. The van der Waals surface area contributed by atoms with Crippen molar-refractivity contribution in [3.05, 3.63) is 53.4 Å². The van der Waals surface area contributed by atoms with Crippen LogP contribution in [-0.2, 0) is 10.2 Å². The molecule has 1 heterocycles. The summed E-state index contributed by atoms with van der Waals surface area (Å²) in [6.45, 7) is 5.89. The quantitative estimate of drug-likeness (QED) is 0.791. The third kappa shape index (κ3) is 2.58. The van der Waals surface area contributed by atoms with Crippen molar-refractivity contribution in [2.75, 3.05) is 11.9 Å². The lowest BCUT2D eigenvalue weighted by molar-refractivity contribution is -0.109. The van der Waals surface area contributed by atoms with E-state index in [0.29, 0.717) is 0 Å². The van der Waals surface area contributed by atoms with Crippen LogP contribution in [-0.4, -0.2) is 29.3 Å². The number of carbonyl (C=O) groups is 1. The van der Waals surface area contributed by atoms with Gasteiger partial charge < -0.3 is 9.69 Å². The maximum absolute atomic E-state index is 13.7. The van der Waals surface area contributed by atoms with Gasteiger partial charge >= 0.3 is 0 Å². The molecular formula is C19H22FN3O. The van der Waals surface area contributed by atoms with Gasteiger partial charge in [-0.25, -0.2) is 14.4 Å². The Morgan fingerprint density at radius 2 is 2.17 bits per heavy atom. The summed E-state index contributed by atoms with van der Waals surface area (Å²) in [5.74, 6) is 0.367. The Morgan fingerprint density at radius 1 is 1.42 bits per heavy atom. The average Bonchev–Trinajstić information content (AvgIpc) is 3.29. The molecule has 1 unspecified atom stereocenters. The molecule has 1 fully saturated rings. The molecule has 1 aromatic carbocycles. The van der Waals surface area contributed by atoms with E-state index in [4.69, 9.17) is 0 Å². The molecule has 1 aromatic heterocycles. The minimum atomic E-state index is -0.365. The molecule has 0 aliphatic heterocycles. The highest BCUT2D eigenvalue weighted by atomic mass is 19.1. The number of likely N-dealkylation sites (N-methyl/N-ethyl adjacent to an activating group) is 1. The van der Waals surface area contributed by atoms with E-state index < -0.39 is 0 Å². The number of benzene rings is 1. The van der Waals surface area contributed by atoms with Crippen molar-refractivity contribution in [2.45, 2.75) is 38.6 Å². The second kappa shape index (κ2) is 5.96. The third-order valence-corrected chi connectivity index (χ3v) is 5.37. The average molecular weight is 327 g/mol. The van der Waals surface area contributed by atoms with Crippen molar-refractivity contribution in [2.24, 2.45) is 5.92 Å². The smallest absolute Gasteiger partial charge is 0.125 e. The molecule has 1 aliphatic carbocycles. The molecular weight excluding hydrogens is 305 g/mol. The summed E-state index contributed by atoms with van der Waals surface area (Å²) in [6, 6.07) is 6.61. The van der Waals surface area contributed by atoms with Crippen molar-refractivity contribution < 1.29 is 9.18 Å². The van der Waals surface area contributed by atoms with Gasteiger partial charge in [0.1, 0.15) is 17.9 Å². The summed E-state index contributed by atoms with van der Waals surface area (Å²) in [6.07, 6.45) is 3.54. The highest BCUT2D eigenvalue weighted by Crippen LogP contribution is 2.57. The minimum Gasteiger partial charge on any atom is -0.368 e. The number of halogens is 1. The molecule has 0 bridgehead atoms. The van der Waals surface area contributed by atoms with Gasteiger partial charge in [-0.05, 0) is 44.9 Å². The molecule has 0 amide bonds.